The largest absolute Gasteiger partial charge is 0.440 e. The van der Waals surface area contributed by atoms with Gasteiger partial charge in [0.1, 0.15) is 8.96 Å². The first kappa shape index (κ1) is 21.8. The number of hydrogen-bond acceptors (Lipinski definition) is 8. The Balaban J connectivity index is 5.01. The van der Waals surface area contributed by atoms with Crippen molar-refractivity contribution in [2.24, 2.45) is 4.99 Å². The molecule has 0 spiro atoms. The molecule has 2 amide bonds. The molecular formula is C8H21B2N5O4P2S. The normalized spacial score (nSPS) is 12.5. The number of likely N-dealkylation sites (N-methyl/N-ethyl adjacent to an activating group) is 1. The van der Waals surface area contributed by atoms with Gasteiger partial charge in [-0.15, -0.1) is 0 Å². The summed E-state index contributed by atoms with van der Waals surface area (Å²) in [6, 6.07) is 0. The van der Waals surface area contributed by atoms with Crippen molar-refractivity contribution in [1.82, 2.24) is 19.8 Å². The van der Waals surface area contributed by atoms with Crippen molar-refractivity contribution in [3.63, 3.8) is 0 Å². The Labute approximate surface area is 139 Å². The number of amides is 2. The van der Waals surface area contributed by atoms with Gasteiger partial charge in [0.25, 0.3) is 5.65 Å². The molecule has 2 atom stereocenters. The van der Waals surface area contributed by atoms with Crippen LogP contribution in [0.25, 0.3) is 0 Å². The van der Waals surface area contributed by atoms with Crippen molar-refractivity contribution in [2.45, 2.75) is 0 Å². The van der Waals surface area contributed by atoms with Gasteiger partial charge in [0.05, 0.1) is 0 Å². The maximum Gasteiger partial charge on any atom is 0.439 e. The monoisotopic (exact) mass is 367 g/mol. The first-order valence-electron chi connectivity index (χ1n) is 6.27. The summed E-state index contributed by atoms with van der Waals surface area (Å²) in [5.74, 6) is 0. The smallest absolute Gasteiger partial charge is 0.439 e. The second-order valence-corrected chi connectivity index (χ2v) is 6.75. The summed E-state index contributed by atoms with van der Waals surface area (Å²) >= 11 is 1.19. The molecule has 0 aliphatic heterocycles. The lowest BCUT2D eigenvalue weighted by Crippen LogP contribution is -2.38. The van der Waals surface area contributed by atoms with Gasteiger partial charge in [-0.1, -0.05) is 11.8 Å². The molecule has 3 N–H and O–H groups in total. The molecule has 0 saturated heterocycles. The summed E-state index contributed by atoms with van der Waals surface area (Å²) in [5, 5.41) is 9.02. The van der Waals surface area contributed by atoms with Gasteiger partial charge in [-0.3, -0.25) is 9.69 Å². The van der Waals surface area contributed by atoms with Gasteiger partial charge in [0.2, 0.25) is 0 Å². The van der Waals surface area contributed by atoms with Crippen LogP contribution in [0.1, 0.15) is 0 Å². The van der Waals surface area contributed by atoms with E-state index >= 15 is 0 Å². The van der Waals surface area contributed by atoms with Crippen molar-refractivity contribution >= 4 is 62.0 Å². The van der Waals surface area contributed by atoms with Gasteiger partial charge < -0.3 is 24.4 Å². The second-order valence-electron chi connectivity index (χ2n) is 4.04. The topological polar surface area (TPSA) is 107 Å². The molecule has 0 aromatic carbocycles. The Kier molecular flexibility index (Phi) is 13.1. The average Bonchev–Trinajstić information content (AvgIpc) is 2.49. The number of amidine groups is 1. The Hall–Kier alpha value is -0.210. The van der Waals surface area contributed by atoms with Crippen molar-refractivity contribution < 1.29 is 19.1 Å². The zero-order valence-corrected chi connectivity index (χ0v) is 15.9. The van der Waals surface area contributed by atoms with E-state index in [1.807, 2.05) is 19.0 Å². The Morgan fingerprint density at radius 2 is 2.14 bits per heavy atom. The lowest BCUT2D eigenvalue weighted by Gasteiger charge is -2.24. The van der Waals surface area contributed by atoms with Crippen molar-refractivity contribution in [3.05, 3.63) is 0 Å². The van der Waals surface area contributed by atoms with Crippen LogP contribution in [0.5, 0.6) is 0 Å². The van der Waals surface area contributed by atoms with Crippen LogP contribution in [0.3, 0.4) is 0 Å². The molecule has 0 rings (SSSR count). The Bertz CT molecular complexity index is 394. The highest BCUT2D eigenvalue weighted by atomic mass is 32.2. The van der Waals surface area contributed by atoms with E-state index in [0.29, 0.717) is 13.1 Å². The van der Waals surface area contributed by atoms with Gasteiger partial charge in [0.15, 0.2) is 13.1 Å². The predicted molar refractivity (Wildman–Crippen MR) is 98.9 cm³/mol. The maximum absolute atomic E-state index is 12.2. The fourth-order valence-corrected chi connectivity index (χ4v) is 2.64. The summed E-state index contributed by atoms with van der Waals surface area (Å²) in [6.45, 7) is 0.995. The average molecular weight is 367 g/mol. The van der Waals surface area contributed by atoms with Crippen LogP contribution in [0.15, 0.2) is 4.99 Å². The van der Waals surface area contributed by atoms with E-state index in [0.717, 1.165) is 0 Å². The minimum Gasteiger partial charge on any atom is -0.440 e. The zero-order chi connectivity index (χ0) is 17.0. The van der Waals surface area contributed by atoms with E-state index in [4.69, 9.17) is 9.55 Å². The van der Waals surface area contributed by atoms with E-state index in [-0.39, 0.29) is 36.1 Å². The summed E-state index contributed by atoms with van der Waals surface area (Å²) < 4.78 is 4.84. The number of nitrogens with one attached hydrogen (secondary N) is 2. The first-order chi connectivity index (χ1) is 10.5. The summed E-state index contributed by atoms with van der Waals surface area (Å²) in [4.78, 5) is 36.2. The van der Waals surface area contributed by atoms with Gasteiger partial charge in [-0.05, 0) is 20.4 Å². The molecular weight excluding hydrogens is 346 g/mol. The Morgan fingerprint density at radius 3 is 2.64 bits per heavy atom. The highest BCUT2D eigenvalue weighted by Gasteiger charge is 2.20. The Morgan fingerprint density at radius 1 is 1.45 bits per heavy atom. The lowest BCUT2D eigenvalue weighted by atomic mass is 10.4. The number of carbonyl (C=O) groups excluding carboxylic acids is 2. The van der Waals surface area contributed by atoms with Gasteiger partial charge in [-0.2, -0.15) is 4.99 Å². The molecule has 124 valence electrons. The first-order valence-corrected chi connectivity index (χ1v) is 9.40. The third-order valence-corrected chi connectivity index (χ3v) is 4.11. The van der Waals surface area contributed by atoms with Gasteiger partial charge >= 0.3 is 13.7 Å². The number of carbonyl (C=O) groups is 2. The van der Waals surface area contributed by atoms with Crippen molar-refractivity contribution in [2.75, 3.05) is 33.4 Å². The zero-order valence-electron chi connectivity index (χ0n) is 13.0. The fraction of sp³-hybridized carbons (Fsp3) is 0.625. The molecule has 14 heteroatoms. The van der Waals surface area contributed by atoms with E-state index < -0.39 is 6.09 Å². The molecule has 0 aliphatic carbocycles. The fourth-order valence-electron chi connectivity index (χ4n) is 1.18. The molecule has 0 bridgehead atoms. The van der Waals surface area contributed by atoms with Crippen LogP contribution >= 0.6 is 29.5 Å². The van der Waals surface area contributed by atoms with Crippen LogP contribution in [0.2, 0.25) is 0 Å². The predicted octanol–water partition coefficient (Wildman–Crippen LogP) is -1.09. The SMILES string of the molecule is BNPOC(=O)/N=C(\SC)N(CCN(C)C)C(=O)PNBO. The third kappa shape index (κ3) is 9.74. The molecule has 9 nitrogen and oxygen atoms in total. The van der Waals surface area contributed by atoms with Crippen LogP contribution in [-0.4, -0.2) is 80.8 Å². The highest BCUT2D eigenvalue weighted by Crippen LogP contribution is 2.17. The minimum atomic E-state index is -0.752. The van der Waals surface area contributed by atoms with Crippen LogP contribution in [0.4, 0.5) is 9.59 Å². The minimum absolute atomic E-state index is 0.190. The standard InChI is InChI=1S/C8H21B2N5O4P2S/c1-14(2)4-5-15(8(17)20-13-10-18)6(22-3)11-7(16)19-21-12-9/h10,12-13,18,20-21H,4-5,9H2,1-3H3/b11-6-. The number of rotatable bonds is 8. The van der Waals surface area contributed by atoms with Crippen LogP contribution < -0.4 is 10.00 Å². The van der Waals surface area contributed by atoms with Gasteiger partial charge in [-0.25, -0.2) is 4.79 Å². The summed E-state index contributed by atoms with van der Waals surface area (Å²) in [7, 11) is 4.64. The number of hydrogen-bond donors (Lipinski definition) is 3. The van der Waals surface area contributed by atoms with E-state index in [9.17, 15) is 9.59 Å². The second kappa shape index (κ2) is 13.2. The van der Waals surface area contributed by atoms with Crippen molar-refractivity contribution in [1.29, 1.82) is 0 Å². The molecule has 0 aromatic heterocycles. The quantitative estimate of drug-likeness (QED) is 0.215. The molecule has 0 aromatic rings. The molecule has 2 unspecified atom stereocenters. The van der Waals surface area contributed by atoms with E-state index in [1.54, 1.807) is 14.2 Å². The van der Waals surface area contributed by atoms with Crippen molar-refractivity contribution in [3.8, 4) is 0 Å². The summed E-state index contributed by atoms with van der Waals surface area (Å²) in [6.07, 6.45) is 0.975. The molecule has 0 heterocycles. The van der Waals surface area contributed by atoms with E-state index in [2.05, 4.69) is 15.0 Å². The van der Waals surface area contributed by atoms with Crippen LogP contribution in [0, 0.1) is 0 Å². The lowest BCUT2D eigenvalue weighted by molar-refractivity contribution is 0.217. The number of nitrogens with zero attached hydrogens (tertiary/aromatic N) is 3. The van der Waals surface area contributed by atoms with E-state index in [1.165, 1.54) is 16.7 Å². The third-order valence-electron chi connectivity index (χ3n) is 2.13. The molecule has 0 saturated carbocycles. The highest BCUT2D eigenvalue weighted by molar-refractivity contribution is 8.13. The summed E-state index contributed by atoms with van der Waals surface area (Å²) in [5.41, 5.74) is -0.257. The maximum atomic E-state index is 12.2. The van der Waals surface area contributed by atoms with Crippen LogP contribution in [-0.2, 0) is 4.52 Å². The molecule has 0 aliphatic rings. The number of thioether (sulfide) groups is 1. The van der Waals surface area contributed by atoms with Gasteiger partial charge in [0, 0.05) is 21.8 Å². The molecule has 0 radical (unpaired) electrons. The molecule has 22 heavy (non-hydrogen) atoms. The molecule has 0 fully saturated rings. The number of aliphatic imine (C=N–C) groups is 1.